The van der Waals surface area contributed by atoms with Gasteiger partial charge < -0.3 is 13.9 Å². The summed E-state index contributed by atoms with van der Waals surface area (Å²) in [5.74, 6) is 1.56. The summed E-state index contributed by atoms with van der Waals surface area (Å²) in [7, 11) is 1.65. The minimum absolute atomic E-state index is 0.397. The maximum atomic E-state index is 6.23. The lowest BCUT2D eigenvalue weighted by Gasteiger charge is -2.09. The van der Waals surface area contributed by atoms with Gasteiger partial charge in [0.2, 0.25) is 0 Å². The first-order valence-electron chi connectivity index (χ1n) is 7.60. The van der Waals surface area contributed by atoms with Crippen LogP contribution in [-0.2, 0) is 24.3 Å². The zero-order valence-electron chi connectivity index (χ0n) is 13.2. The predicted molar refractivity (Wildman–Crippen MR) is 91.3 cm³/mol. The van der Waals surface area contributed by atoms with Gasteiger partial charge in [-0.3, -0.25) is 0 Å². The Morgan fingerprint density at radius 3 is 3.04 bits per heavy atom. The molecule has 0 spiro atoms. The third kappa shape index (κ3) is 2.26. The molecule has 1 aliphatic heterocycles. The van der Waals surface area contributed by atoms with Gasteiger partial charge in [0, 0.05) is 24.1 Å². The molecule has 0 fully saturated rings. The lowest BCUT2D eigenvalue weighted by atomic mass is 10.1. The largest absolute Gasteiger partial charge is 0.377 e. The summed E-state index contributed by atoms with van der Waals surface area (Å²) in [5, 5.41) is 9.32. The van der Waals surface area contributed by atoms with Gasteiger partial charge in [0.25, 0.3) is 0 Å². The highest BCUT2D eigenvalue weighted by atomic mass is 35.5. The number of benzene rings is 1. The Morgan fingerprint density at radius 1 is 1.38 bits per heavy atom. The number of hydrogen-bond acceptors (Lipinski definition) is 4. The molecule has 7 heteroatoms. The van der Waals surface area contributed by atoms with Gasteiger partial charge >= 0.3 is 0 Å². The predicted octanol–water partition coefficient (Wildman–Crippen LogP) is 3.02. The van der Waals surface area contributed by atoms with Crippen molar-refractivity contribution in [2.75, 3.05) is 7.11 Å². The van der Waals surface area contributed by atoms with Crippen LogP contribution in [0.3, 0.4) is 0 Å². The van der Waals surface area contributed by atoms with Crippen LogP contribution in [0.4, 0.5) is 0 Å². The van der Waals surface area contributed by atoms with Crippen LogP contribution >= 0.6 is 11.6 Å². The number of allylic oxidation sites excluding steroid dienone is 1. The lowest BCUT2D eigenvalue weighted by Crippen LogP contribution is -2.09. The van der Waals surface area contributed by atoms with Gasteiger partial charge in [0.15, 0.2) is 11.6 Å². The van der Waals surface area contributed by atoms with Crippen LogP contribution in [0.15, 0.2) is 37.2 Å². The van der Waals surface area contributed by atoms with E-state index in [4.69, 9.17) is 16.3 Å². The monoisotopic (exact) mass is 341 g/mol. The maximum absolute atomic E-state index is 6.23. The minimum atomic E-state index is 0.397. The number of imidazole rings is 1. The molecule has 0 saturated carbocycles. The molecule has 3 heterocycles. The molecule has 4 rings (SSSR count). The summed E-state index contributed by atoms with van der Waals surface area (Å²) in [4.78, 5) is 4.56. The fourth-order valence-electron chi connectivity index (χ4n) is 3.08. The highest BCUT2D eigenvalue weighted by Crippen LogP contribution is 2.34. The van der Waals surface area contributed by atoms with Gasteiger partial charge in [0.1, 0.15) is 6.61 Å². The van der Waals surface area contributed by atoms with E-state index < -0.39 is 0 Å². The smallest absolute Gasteiger partial charge is 0.166 e. The van der Waals surface area contributed by atoms with Gasteiger partial charge in [-0.1, -0.05) is 17.7 Å². The number of halogens is 1. The molecule has 3 aromatic rings. The normalized spacial score (nSPS) is 12.2. The second-order valence-corrected chi connectivity index (χ2v) is 6.06. The SMILES string of the molecule is C=CCc1ncn2c1Cn1c(COC)nnc1-c1cc(Cl)ccc1-2. The van der Waals surface area contributed by atoms with E-state index in [9.17, 15) is 0 Å². The van der Waals surface area contributed by atoms with Crippen LogP contribution in [0.25, 0.3) is 17.1 Å². The first-order chi connectivity index (χ1) is 11.7. The van der Waals surface area contributed by atoms with E-state index in [1.54, 1.807) is 7.11 Å². The van der Waals surface area contributed by atoms with Crippen LogP contribution in [0.5, 0.6) is 0 Å². The van der Waals surface area contributed by atoms with E-state index in [0.29, 0.717) is 24.6 Å². The van der Waals surface area contributed by atoms with Crippen molar-refractivity contribution in [1.29, 1.82) is 0 Å². The van der Waals surface area contributed by atoms with Gasteiger partial charge in [-0.15, -0.1) is 16.8 Å². The number of hydrogen-bond donors (Lipinski definition) is 0. The molecule has 0 aliphatic carbocycles. The Labute approximate surface area is 144 Å². The summed E-state index contributed by atoms with van der Waals surface area (Å²) in [6.45, 7) is 4.85. The van der Waals surface area contributed by atoms with Gasteiger partial charge in [-0.2, -0.15) is 0 Å². The summed E-state index contributed by atoms with van der Waals surface area (Å²) in [6.07, 6.45) is 4.42. The molecule has 0 N–H and O–H groups in total. The summed E-state index contributed by atoms with van der Waals surface area (Å²) < 4.78 is 9.42. The van der Waals surface area contributed by atoms with Crippen molar-refractivity contribution >= 4 is 11.6 Å². The van der Waals surface area contributed by atoms with E-state index in [2.05, 4.69) is 30.9 Å². The Bertz CT molecular complexity index is 927. The molecule has 0 saturated heterocycles. The van der Waals surface area contributed by atoms with Gasteiger partial charge in [-0.05, 0) is 18.2 Å². The third-order valence-corrected chi connectivity index (χ3v) is 4.39. The summed E-state index contributed by atoms with van der Waals surface area (Å²) >= 11 is 6.23. The molecular formula is C17H16ClN5O. The maximum Gasteiger partial charge on any atom is 0.166 e. The number of ether oxygens (including phenoxy) is 1. The van der Waals surface area contributed by atoms with E-state index in [0.717, 1.165) is 34.3 Å². The standard InChI is InChI=1S/C17H16ClN5O/c1-3-4-13-15-8-22-16(9-24-2)20-21-17(22)12-7-11(18)5-6-14(12)23(15)10-19-13/h3,5-7,10H,1,4,8-9H2,2H3. The number of methoxy groups -OCH3 is 1. The zero-order chi connectivity index (χ0) is 16.7. The van der Waals surface area contributed by atoms with Crippen molar-refractivity contribution in [3.05, 3.63) is 59.4 Å². The van der Waals surface area contributed by atoms with Crippen molar-refractivity contribution in [2.24, 2.45) is 0 Å². The Hall–Kier alpha value is -2.44. The molecule has 0 bridgehead atoms. The topological polar surface area (TPSA) is 57.8 Å². The number of rotatable bonds is 4. The molecule has 1 aliphatic rings. The number of fused-ring (bicyclic) bond motifs is 5. The molecule has 0 amide bonds. The Balaban J connectivity index is 2.00. The molecule has 1 aromatic carbocycles. The van der Waals surface area contributed by atoms with Crippen molar-refractivity contribution in [3.63, 3.8) is 0 Å². The number of aromatic nitrogens is 5. The minimum Gasteiger partial charge on any atom is -0.377 e. The Morgan fingerprint density at radius 2 is 2.25 bits per heavy atom. The lowest BCUT2D eigenvalue weighted by molar-refractivity contribution is 0.174. The van der Waals surface area contributed by atoms with Crippen molar-refractivity contribution in [2.45, 2.75) is 19.6 Å². The van der Waals surface area contributed by atoms with E-state index >= 15 is 0 Å². The summed E-state index contributed by atoms with van der Waals surface area (Å²) in [6, 6.07) is 5.77. The number of nitrogens with zero attached hydrogens (tertiary/aromatic N) is 5. The van der Waals surface area contributed by atoms with E-state index in [-0.39, 0.29) is 0 Å². The third-order valence-electron chi connectivity index (χ3n) is 4.16. The fraction of sp³-hybridized carbons (Fsp3) is 0.235. The fourth-order valence-corrected chi connectivity index (χ4v) is 3.25. The summed E-state index contributed by atoms with van der Waals surface area (Å²) in [5.41, 5.74) is 4.01. The molecule has 2 aromatic heterocycles. The molecule has 24 heavy (non-hydrogen) atoms. The molecule has 0 radical (unpaired) electrons. The highest BCUT2D eigenvalue weighted by molar-refractivity contribution is 6.31. The van der Waals surface area contributed by atoms with Gasteiger partial charge in [-0.25, -0.2) is 4.98 Å². The van der Waals surface area contributed by atoms with Crippen molar-refractivity contribution in [3.8, 4) is 17.1 Å². The van der Waals surface area contributed by atoms with Crippen LogP contribution in [0.2, 0.25) is 5.02 Å². The average molecular weight is 342 g/mol. The van der Waals surface area contributed by atoms with Crippen molar-refractivity contribution < 1.29 is 4.74 Å². The molecular weight excluding hydrogens is 326 g/mol. The molecule has 6 nitrogen and oxygen atoms in total. The molecule has 0 atom stereocenters. The van der Waals surface area contributed by atoms with Crippen molar-refractivity contribution in [1.82, 2.24) is 24.3 Å². The van der Waals surface area contributed by atoms with Crippen LogP contribution in [0.1, 0.15) is 17.2 Å². The second-order valence-electron chi connectivity index (χ2n) is 5.62. The average Bonchev–Trinajstić information content (AvgIpc) is 3.11. The van der Waals surface area contributed by atoms with Crippen LogP contribution in [0, 0.1) is 0 Å². The Kier molecular flexibility index (Phi) is 3.70. The first-order valence-corrected chi connectivity index (χ1v) is 7.98. The van der Waals surface area contributed by atoms with E-state index in [1.807, 2.05) is 30.6 Å². The quantitative estimate of drug-likeness (QED) is 0.535. The van der Waals surface area contributed by atoms with E-state index in [1.165, 1.54) is 0 Å². The van der Waals surface area contributed by atoms with Gasteiger partial charge in [0.05, 0.1) is 29.9 Å². The molecule has 0 unspecified atom stereocenters. The van der Waals surface area contributed by atoms with Crippen LogP contribution < -0.4 is 0 Å². The second kappa shape index (κ2) is 5.89. The highest BCUT2D eigenvalue weighted by Gasteiger charge is 2.25. The zero-order valence-corrected chi connectivity index (χ0v) is 14.0. The first kappa shape index (κ1) is 15.1. The molecule has 122 valence electrons. The van der Waals surface area contributed by atoms with Crippen LogP contribution in [-0.4, -0.2) is 31.4 Å².